The number of hydrogen-bond donors (Lipinski definition) is 1. The molecule has 1 aromatic heterocycles. The minimum atomic E-state index is -4.03. The summed E-state index contributed by atoms with van der Waals surface area (Å²) in [5, 5.41) is 0.552. The summed E-state index contributed by atoms with van der Waals surface area (Å²) in [5.74, 6) is -5.78. The van der Waals surface area contributed by atoms with Crippen LogP contribution in [0, 0.1) is 17.5 Å². The number of sulfonamides is 1. The van der Waals surface area contributed by atoms with Gasteiger partial charge in [0.2, 0.25) is 21.3 Å². The predicted octanol–water partition coefficient (Wildman–Crippen LogP) is 3.99. The van der Waals surface area contributed by atoms with Gasteiger partial charge in [-0.2, -0.15) is 0 Å². The van der Waals surface area contributed by atoms with Crippen molar-refractivity contribution >= 4 is 38.0 Å². The van der Waals surface area contributed by atoms with Crippen molar-refractivity contribution in [2.45, 2.75) is 26.2 Å². The second-order valence-electron chi connectivity index (χ2n) is 7.44. The Morgan fingerprint density at radius 2 is 1.88 bits per heavy atom. The van der Waals surface area contributed by atoms with Crippen LogP contribution in [0.25, 0.3) is 10.9 Å². The van der Waals surface area contributed by atoms with Crippen LogP contribution >= 0.6 is 0 Å². The van der Waals surface area contributed by atoms with Gasteiger partial charge in [-0.05, 0) is 55.2 Å². The fraction of sp³-hybridized carbons (Fsp3) is 0.273. The molecule has 0 saturated carbocycles. The number of aryl methyl sites for hydroxylation is 1. The Hall–Kier alpha value is -2.67. The fourth-order valence-electron chi connectivity index (χ4n) is 3.47. The third-order valence-electron chi connectivity index (χ3n) is 5.06. The van der Waals surface area contributed by atoms with Gasteiger partial charge in [-0.25, -0.2) is 25.8 Å². The highest BCUT2D eigenvalue weighted by molar-refractivity contribution is 7.99. The first-order valence-electron chi connectivity index (χ1n) is 10.2. The Morgan fingerprint density at radius 1 is 1.15 bits per heavy atom. The van der Waals surface area contributed by atoms with Gasteiger partial charge in [0.05, 0.1) is 16.8 Å². The van der Waals surface area contributed by atoms with Crippen LogP contribution in [0.3, 0.4) is 0 Å². The van der Waals surface area contributed by atoms with E-state index in [2.05, 4.69) is 4.98 Å². The first kappa shape index (κ1) is 25.9. The van der Waals surface area contributed by atoms with Crippen molar-refractivity contribution in [3.8, 4) is 0 Å². The Morgan fingerprint density at radius 3 is 2.56 bits per heavy atom. The maximum absolute atomic E-state index is 15.1. The molecule has 0 saturated heterocycles. The van der Waals surface area contributed by atoms with Gasteiger partial charge >= 0.3 is 0 Å². The number of hydrogen-bond acceptors (Lipinski definition) is 5. The molecule has 0 spiro atoms. The number of rotatable bonds is 10. The molecule has 0 aliphatic heterocycles. The third-order valence-corrected chi connectivity index (χ3v) is 8.38. The summed E-state index contributed by atoms with van der Waals surface area (Å²) in [6, 6.07) is 8.09. The Labute approximate surface area is 197 Å². The van der Waals surface area contributed by atoms with Gasteiger partial charge in [0.25, 0.3) is 0 Å². The monoisotopic (exact) mass is 514 g/mol. The normalized spacial score (nSPS) is 12.9. The average molecular weight is 515 g/mol. The van der Waals surface area contributed by atoms with Gasteiger partial charge in [0, 0.05) is 23.7 Å². The summed E-state index contributed by atoms with van der Waals surface area (Å²) in [4.78, 5) is 17.0. The van der Waals surface area contributed by atoms with Crippen LogP contribution < -0.4 is 0 Å². The molecule has 3 rings (SSSR count). The number of fused-ring (bicyclic) bond motifs is 1. The van der Waals surface area contributed by atoms with E-state index in [9.17, 15) is 30.8 Å². The van der Waals surface area contributed by atoms with Crippen molar-refractivity contribution in [3.63, 3.8) is 0 Å². The number of halogens is 3. The highest BCUT2D eigenvalue weighted by atomic mass is 32.3. The molecule has 182 valence electrons. The fourth-order valence-corrected chi connectivity index (χ4v) is 5.88. The van der Waals surface area contributed by atoms with Crippen molar-refractivity contribution < 1.29 is 35.1 Å². The molecule has 1 heterocycles. The average Bonchev–Trinajstić information content (AvgIpc) is 2.79. The van der Waals surface area contributed by atoms with Crippen molar-refractivity contribution in [1.82, 2.24) is 8.69 Å². The Balaban J connectivity index is 1.89. The Kier molecular flexibility index (Phi) is 8.18. The lowest BCUT2D eigenvalue weighted by Gasteiger charge is -2.17. The van der Waals surface area contributed by atoms with Crippen molar-refractivity contribution in [3.05, 3.63) is 76.7 Å². The standard InChI is InChI=1S/C22H21F3N2O5S2/c1-2-11-34(31,32)27(33(29)30)10-4-6-15-13-17(23)21(25)19(20(15)24)22(28)16-7-8-18-14(12-16)5-3-9-26-18/h3,5,7-9,12-13H,2,4,6,10-11H2,1H3,(H,29,30). The largest absolute Gasteiger partial charge is 0.293 e. The highest BCUT2D eigenvalue weighted by Gasteiger charge is 2.28. The predicted molar refractivity (Wildman–Crippen MR) is 121 cm³/mol. The van der Waals surface area contributed by atoms with Gasteiger partial charge in [-0.15, -0.1) is 0 Å². The summed E-state index contributed by atoms with van der Waals surface area (Å²) < 4.78 is 89.2. The molecule has 1 unspecified atom stereocenters. The number of nitrogens with zero attached hydrogens (tertiary/aromatic N) is 2. The lowest BCUT2D eigenvalue weighted by atomic mass is 9.97. The van der Waals surface area contributed by atoms with Crippen molar-refractivity contribution in [2.75, 3.05) is 12.3 Å². The quantitative estimate of drug-likeness (QED) is 0.249. The van der Waals surface area contributed by atoms with Crippen LogP contribution in [0.1, 0.15) is 41.3 Å². The van der Waals surface area contributed by atoms with Crippen LogP contribution in [-0.4, -0.2) is 44.0 Å². The van der Waals surface area contributed by atoms with Gasteiger partial charge in [0.15, 0.2) is 17.4 Å². The number of benzene rings is 2. The zero-order valence-electron chi connectivity index (χ0n) is 18.0. The molecule has 3 aromatic rings. The van der Waals surface area contributed by atoms with Crippen molar-refractivity contribution in [2.24, 2.45) is 0 Å². The number of ketones is 1. The highest BCUT2D eigenvalue weighted by Crippen LogP contribution is 2.25. The second-order valence-corrected chi connectivity index (χ2v) is 10.6. The van der Waals surface area contributed by atoms with Crippen LogP contribution in [0.4, 0.5) is 13.2 Å². The van der Waals surface area contributed by atoms with Crippen molar-refractivity contribution in [1.29, 1.82) is 0 Å². The second kappa shape index (κ2) is 10.7. The van der Waals surface area contributed by atoms with Gasteiger partial charge in [-0.1, -0.05) is 16.7 Å². The lowest BCUT2D eigenvalue weighted by Crippen LogP contribution is -2.35. The topological polar surface area (TPSA) is 105 Å². The van der Waals surface area contributed by atoms with E-state index in [1.165, 1.54) is 18.2 Å². The van der Waals surface area contributed by atoms with Gasteiger partial charge < -0.3 is 0 Å². The molecular weight excluding hydrogens is 493 g/mol. The van der Waals surface area contributed by atoms with Crippen LogP contribution in [0.2, 0.25) is 0 Å². The SMILES string of the molecule is CCCS(=O)(=O)N(CCCc1cc(F)c(F)c(C(=O)c2ccc3ncccc3c2)c1F)S(=O)O. The van der Waals surface area contributed by atoms with E-state index in [0.717, 1.165) is 0 Å². The maximum atomic E-state index is 15.1. The molecule has 0 aliphatic carbocycles. The van der Waals surface area contributed by atoms with E-state index in [1.54, 1.807) is 25.3 Å². The van der Waals surface area contributed by atoms with E-state index in [1.807, 2.05) is 0 Å². The molecule has 7 nitrogen and oxygen atoms in total. The minimum absolute atomic E-state index is 0.0673. The number of pyridine rings is 1. The molecule has 0 amide bonds. The molecule has 0 bridgehead atoms. The maximum Gasteiger partial charge on any atom is 0.248 e. The smallest absolute Gasteiger partial charge is 0.248 e. The van der Waals surface area contributed by atoms with Crippen LogP contribution in [0.15, 0.2) is 42.6 Å². The molecule has 0 aliphatic rings. The van der Waals surface area contributed by atoms with Crippen LogP contribution in [0.5, 0.6) is 0 Å². The first-order valence-corrected chi connectivity index (χ1v) is 12.9. The number of carbonyl (C=O) groups excluding carboxylic acids is 1. The zero-order chi connectivity index (χ0) is 25.0. The number of carbonyl (C=O) groups is 1. The summed E-state index contributed by atoms with van der Waals surface area (Å²) in [5.41, 5.74) is -0.938. The van der Waals surface area contributed by atoms with E-state index < -0.39 is 56.6 Å². The van der Waals surface area contributed by atoms with Gasteiger partial charge in [-0.3, -0.25) is 14.3 Å². The molecule has 2 aromatic carbocycles. The molecule has 0 fully saturated rings. The molecule has 34 heavy (non-hydrogen) atoms. The summed E-state index contributed by atoms with van der Waals surface area (Å²) in [6.45, 7) is 1.13. The lowest BCUT2D eigenvalue weighted by molar-refractivity contribution is 0.102. The van der Waals surface area contributed by atoms with E-state index in [4.69, 9.17) is 0 Å². The third kappa shape index (κ3) is 5.52. The molecule has 0 radical (unpaired) electrons. The molecule has 1 N–H and O–H groups in total. The van der Waals surface area contributed by atoms with E-state index in [-0.39, 0.29) is 36.1 Å². The summed E-state index contributed by atoms with van der Waals surface area (Å²) in [6.07, 6.45) is 1.28. The molecule has 12 heteroatoms. The van der Waals surface area contributed by atoms with Crippen LogP contribution in [-0.2, 0) is 27.7 Å². The number of aromatic nitrogens is 1. The summed E-state index contributed by atoms with van der Waals surface area (Å²) in [7, 11) is -4.03. The molecule has 1 atom stereocenters. The minimum Gasteiger partial charge on any atom is -0.293 e. The Bertz CT molecular complexity index is 1370. The molecular formula is C22H21F3N2O5S2. The first-order chi connectivity index (χ1) is 16.1. The van der Waals surface area contributed by atoms with E-state index in [0.29, 0.717) is 20.7 Å². The summed E-state index contributed by atoms with van der Waals surface area (Å²) >= 11 is -2.84. The van der Waals surface area contributed by atoms with Gasteiger partial charge in [0.1, 0.15) is 5.82 Å². The zero-order valence-corrected chi connectivity index (χ0v) is 19.6. The van der Waals surface area contributed by atoms with E-state index >= 15 is 4.39 Å².